The Labute approximate surface area is 29.5 Å². The Kier molecular flexibility index (Phi) is 5.94. The van der Waals surface area contributed by atoms with Gasteiger partial charge in [-0.3, -0.25) is 10.1 Å². The maximum atomic E-state index is 8.81. The Bertz CT molecular complexity index is 30.6. The van der Waals surface area contributed by atoms with Gasteiger partial charge in [-0.1, -0.05) is 0 Å². The SMILES string of the molecule is C[N+](=O)[O-].N. The van der Waals surface area contributed by atoms with Crippen LogP contribution in [0.1, 0.15) is 0 Å². The maximum absolute atomic E-state index is 8.81. The van der Waals surface area contributed by atoms with Crippen molar-refractivity contribution in [2.24, 2.45) is 0 Å². The number of nitro groups is 1. The highest BCUT2D eigenvalue weighted by molar-refractivity contribution is 3.91. The molecule has 0 atom stereocenters. The van der Waals surface area contributed by atoms with Crippen molar-refractivity contribution < 1.29 is 4.92 Å². The predicted molar refractivity (Wildman–Crippen MR) is 17.9 cm³/mol. The average molecular weight is 78.1 g/mol. The molecular formula is CH6N2O2. The third kappa shape index (κ3) is 15.2. The van der Waals surface area contributed by atoms with Gasteiger partial charge >= 0.3 is 0 Å². The van der Waals surface area contributed by atoms with Crippen LogP contribution in [-0.4, -0.2) is 12.0 Å². The van der Waals surface area contributed by atoms with Crippen molar-refractivity contribution in [3.63, 3.8) is 0 Å². The molecule has 32 valence electrons. The third-order valence-electron chi connectivity index (χ3n) is 0. The Morgan fingerprint density at radius 3 is 1.80 bits per heavy atom. The first-order valence-corrected chi connectivity index (χ1v) is 0.812. The average Bonchev–Trinajstić information content (AvgIpc) is 0.811. The number of hydrogen-bond donors (Lipinski definition) is 1. The first-order chi connectivity index (χ1) is 1.73. The van der Waals surface area contributed by atoms with Crippen LogP contribution >= 0.6 is 0 Å². The molecule has 0 aromatic heterocycles. The molecule has 0 heterocycles. The fraction of sp³-hybridized carbons (Fsp3) is 1.00. The molecule has 5 heavy (non-hydrogen) atoms. The molecule has 0 aliphatic heterocycles. The molecule has 0 spiro atoms. The molecule has 0 radical (unpaired) electrons. The number of nitrogens with zero attached hydrogens (tertiary/aromatic N) is 1. The van der Waals surface area contributed by atoms with E-state index in [0.717, 1.165) is 7.05 Å². The van der Waals surface area contributed by atoms with Crippen LogP contribution in [-0.2, 0) is 0 Å². The molecule has 0 bridgehead atoms. The summed E-state index contributed by atoms with van der Waals surface area (Å²) < 4.78 is 0. The van der Waals surface area contributed by atoms with Crippen LogP contribution in [0.2, 0.25) is 0 Å². The van der Waals surface area contributed by atoms with Gasteiger partial charge in [0.05, 0.1) is 0 Å². The van der Waals surface area contributed by atoms with E-state index in [4.69, 9.17) is 10.1 Å². The van der Waals surface area contributed by atoms with E-state index in [1.54, 1.807) is 0 Å². The summed E-state index contributed by atoms with van der Waals surface area (Å²) in [5, 5.41) is 8.81. The first-order valence-electron chi connectivity index (χ1n) is 0.812. The fourth-order valence-electron chi connectivity index (χ4n) is 0. The molecule has 0 saturated heterocycles. The van der Waals surface area contributed by atoms with Crippen molar-refractivity contribution in [3.05, 3.63) is 10.1 Å². The maximum Gasteiger partial charge on any atom is 0.194 e. The molecule has 0 rings (SSSR count). The lowest BCUT2D eigenvalue weighted by molar-refractivity contribution is -0.445. The summed E-state index contributed by atoms with van der Waals surface area (Å²) in [6.45, 7) is 0. The Morgan fingerprint density at radius 1 is 1.80 bits per heavy atom. The summed E-state index contributed by atoms with van der Waals surface area (Å²) in [4.78, 5) is 8.31. The molecule has 0 aromatic carbocycles. The van der Waals surface area contributed by atoms with E-state index < -0.39 is 4.92 Å². The van der Waals surface area contributed by atoms with E-state index in [1.807, 2.05) is 0 Å². The monoisotopic (exact) mass is 78.0 g/mol. The number of rotatable bonds is 0. The van der Waals surface area contributed by atoms with Crippen LogP contribution in [0, 0.1) is 10.1 Å². The zero-order valence-electron chi connectivity index (χ0n) is 2.97. The van der Waals surface area contributed by atoms with E-state index in [2.05, 4.69) is 0 Å². The molecule has 0 fully saturated rings. The topological polar surface area (TPSA) is 78.1 Å². The van der Waals surface area contributed by atoms with Crippen molar-refractivity contribution in [1.29, 1.82) is 0 Å². The molecule has 0 aliphatic carbocycles. The summed E-state index contributed by atoms with van der Waals surface area (Å²) in [7, 11) is 0.889. The standard InChI is InChI=1S/CH3NO2.H3N/c1-2(3)4;/h1H3;1H3. The highest BCUT2D eigenvalue weighted by atomic mass is 16.6. The molecule has 0 aliphatic rings. The Morgan fingerprint density at radius 2 is 1.80 bits per heavy atom. The van der Waals surface area contributed by atoms with Gasteiger partial charge in [0.1, 0.15) is 0 Å². The summed E-state index contributed by atoms with van der Waals surface area (Å²) >= 11 is 0. The van der Waals surface area contributed by atoms with E-state index in [1.165, 1.54) is 0 Å². The molecular weight excluding hydrogens is 72.0 g/mol. The van der Waals surface area contributed by atoms with E-state index in [9.17, 15) is 0 Å². The van der Waals surface area contributed by atoms with E-state index in [-0.39, 0.29) is 6.15 Å². The van der Waals surface area contributed by atoms with Gasteiger partial charge in [-0.25, -0.2) is 0 Å². The van der Waals surface area contributed by atoms with Crippen molar-refractivity contribution in [3.8, 4) is 0 Å². The van der Waals surface area contributed by atoms with Crippen LogP contribution in [0.3, 0.4) is 0 Å². The van der Waals surface area contributed by atoms with Crippen molar-refractivity contribution in [2.75, 3.05) is 7.05 Å². The highest BCUT2D eigenvalue weighted by Crippen LogP contribution is 1.39. The number of hydrogen-bond acceptors (Lipinski definition) is 3. The third-order valence-corrected chi connectivity index (χ3v) is 0. The lowest BCUT2D eigenvalue weighted by Crippen LogP contribution is -1.79. The van der Waals surface area contributed by atoms with Gasteiger partial charge in [-0.2, -0.15) is 0 Å². The minimum absolute atomic E-state index is 0. The first kappa shape index (κ1) is 8.84. The van der Waals surface area contributed by atoms with Crippen molar-refractivity contribution >= 4 is 0 Å². The molecule has 3 N–H and O–H groups in total. The second kappa shape index (κ2) is 3.36. The summed E-state index contributed by atoms with van der Waals surface area (Å²) in [5.74, 6) is 0. The van der Waals surface area contributed by atoms with Crippen molar-refractivity contribution in [2.45, 2.75) is 0 Å². The van der Waals surface area contributed by atoms with Gasteiger partial charge < -0.3 is 6.15 Å². The predicted octanol–water partition coefficient (Wildman–Crippen LogP) is 0.0549. The lowest BCUT2D eigenvalue weighted by Gasteiger charge is -1.63. The van der Waals surface area contributed by atoms with Gasteiger partial charge in [-0.05, 0) is 0 Å². The normalized spacial score (nSPS) is 5.00. The largest absolute Gasteiger partial charge is 0.344 e. The molecule has 0 aromatic rings. The molecule has 4 heteroatoms. The summed E-state index contributed by atoms with van der Waals surface area (Å²) in [6.07, 6.45) is 0. The van der Waals surface area contributed by atoms with Crippen LogP contribution in [0.4, 0.5) is 0 Å². The minimum Gasteiger partial charge on any atom is -0.344 e. The van der Waals surface area contributed by atoms with E-state index in [0.29, 0.717) is 0 Å². The van der Waals surface area contributed by atoms with Crippen LogP contribution < -0.4 is 6.15 Å². The molecule has 0 amide bonds. The highest BCUT2D eigenvalue weighted by Gasteiger charge is 1.57. The zero-order valence-corrected chi connectivity index (χ0v) is 2.97. The van der Waals surface area contributed by atoms with Gasteiger partial charge in [0.2, 0.25) is 0 Å². The Balaban J connectivity index is 0. The molecule has 4 nitrogen and oxygen atoms in total. The van der Waals surface area contributed by atoms with Gasteiger partial charge in [0, 0.05) is 4.92 Å². The fourth-order valence-corrected chi connectivity index (χ4v) is 0. The second-order valence-corrected chi connectivity index (χ2v) is 0.440. The van der Waals surface area contributed by atoms with Gasteiger partial charge in [0.25, 0.3) is 0 Å². The van der Waals surface area contributed by atoms with Crippen LogP contribution in [0.15, 0.2) is 0 Å². The summed E-state index contributed by atoms with van der Waals surface area (Å²) in [5.41, 5.74) is 0. The Hall–Kier alpha value is -0.640. The smallest absolute Gasteiger partial charge is 0.194 e. The lowest BCUT2D eigenvalue weighted by atomic mass is 11.5. The van der Waals surface area contributed by atoms with Gasteiger partial charge in [-0.15, -0.1) is 0 Å². The quantitative estimate of drug-likeness (QED) is 0.328. The van der Waals surface area contributed by atoms with Crippen molar-refractivity contribution in [1.82, 2.24) is 6.15 Å². The molecule has 0 unspecified atom stereocenters. The minimum atomic E-state index is -0.500. The molecule has 0 saturated carbocycles. The summed E-state index contributed by atoms with van der Waals surface area (Å²) in [6, 6.07) is 0. The zero-order chi connectivity index (χ0) is 3.58. The van der Waals surface area contributed by atoms with Crippen LogP contribution in [0.5, 0.6) is 0 Å². The van der Waals surface area contributed by atoms with Crippen LogP contribution in [0.25, 0.3) is 0 Å². The van der Waals surface area contributed by atoms with Gasteiger partial charge in [0.15, 0.2) is 7.05 Å². The second-order valence-electron chi connectivity index (χ2n) is 0.440. The van der Waals surface area contributed by atoms with E-state index >= 15 is 0 Å².